The van der Waals surface area contributed by atoms with Gasteiger partial charge in [0.2, 0.25) is 0 Å². The number of nitrogens with zero attached hydrogens (tertiary/aromatic N) is 1. The molecule has 0 fully saturated rings. The molecule has 0 saturated carbocycles. The van der Waals surface area contributed by atoms with Crippen LogP contribution in [0.2, 0.25) is 0 Å². The lowest BCUT2D eigenvalue weighted by molar-refractivity contribution is 0.0698. The molecule has 0 atom stereocenters. The molecule has 1 rings (SSSR count). The highest BCUT2D eigenvalue weighted by atomic mass is 32.1. The van der Waals surface area contributed by atoms with Crippen LogP contribution < -0.4 is 5.73 Å². The molecule has 0 aromatic heterocycles. The monoisotopic (exact) mass is 194 g/mol. The Morgan fingerprint density at radius 1 is 1.62 bits per heavy atom. The van der Waals surface area contributed by atoms with Gasteiger partial charge in [-0.05, 0) is 12.1 Å². The Balaban J connectivity index is 3.44. The number of hydrogen-bond acceptors (Lipinski definition) is 4. The summed E-state index contributed by atoms with van der Waals surface area (Å²) in [6.07, 6.45) is 0. The zero-order chi connectivity index (χ0) is 10.0. The number of aromatic carboxylic acids is 1. The maximum atomic E-state index is 10.6. The Morgan fingerprint density at radius 3 is 2.69 bits per heavy atom. The van der Waals surface area contributed by atoms with Crippen molar-refractivity contribution in [3.05, 3.63) is 23.3 Å². The van der Waals surface area contributed by atoms with Gasteiger partial charge < -0.3 is 10.8 Å². The normalized spacial score (nSPS) is 9.23. The van der Waals surface area contributed by atoms with E-state index in [9.17, 15) is 4.79 Å². The van der Waals surface area contributed by atoms with E-state index in [0.717, 1.165) is 0 Å². The van der Waals surface area contributed by atoms with Gasteiger partial charge in [-0.15, -0.1) is 12.6 Å². The smallest absolute Gasteiger partial charge is 0.337 e. The fraction of sp³-hybridized carbons (Fsp3) is 0. The van der Waals surface area contributed by atoms with Gasteiger partial charge in [-0.25, -0.2) is 4.79 Å². The summed E-state index contributed by atoms with van der Waals surface area (Å²) in [4.78, 5) is 10.9. The van der Waals surface area contributed by atoms with Crippen LogP contribution in [0.3, 0.4) is 0 Å². The van der Waals surface area contributed by atoms with Gasteiger partial charge in [0, 0.05) is 4.90 Å². The highest BCUT2D eigenvalue weighted by Crippen LogP contribution is 2.23. The van der Waals surface area contributed by atoms with Crippen LogP contribution in [0.1, 0.15) is 15.9 Å². The molecule has 0 amide bonds. The van der Waals surface area contributed by atoms with Crippen LogP contribution in [0.4, 0.5) is 5.69 Å². The molecule has 0 unspecified atom stereocenters. The third-order valence-corrected chi connectivity index (χ3v) is 1.89. The Kier molecular flexibility index (Phi) is 2.44. The fourth-order valence-electron chi connectivity index (χ4n) is 0.879. The van der Waals surface area contributed by atoms with Crippen molar-refractivity contribution in [3.63, 3.8) is 0 Å². The van der Waals surface area contributed by atoms with E-state index >= 15 is 0 Å². The number of nitrogen functional groups attached to an aromatic ring is 1. The number of nitriles is 1. The van der Waals surface area contributed by atoms with Crippen molar-refractivity contribution in [3.8, 4) is 6.07 Å². The average Bonchev–Trinajstić information content (AvgIpc) is 2.09. The summed E-state index contributed by atoms with van der Waals surface area (Å²) in [6.45, 7) is 0. The molecule has 0 heterocycles. The van der Waals surface area contributed by atoms with Gasteiger partial charge in [-0.1, -0.05) is 0 Å². The van der Waals surface area contributed by atoms with Crippen LogP contribution in [0.25, 0.3) is 0 Å². The van der Waals surface area contributed by atoms with E-state index in [-0.39, 0.29) is 16.8 Å². The highest BCUT2D eigenvalue weighted by Gasteiger charge is 2.11. The minimum Gasteiger partial charge on any atom is -0.478 e. The SMILES string of the molecule is N#Cc1cc(S)c(N)c(C(=O)O)c1. The molecule has 5 heteroatoms. The lowest BCUT2D eigenvalue weighted by atomic mass is 10.1. The lowest BCUT2D eigenvalue weighted by Crippen LogP contribution is -2.03. The van der Waals surface area contributed by atoms with Crippen LogP contribution in [-0.4, -0.2) is 11.1 Å². The zero-order valence-corrected chi connectivity index (χ0v) is 7.38. The summed E-state index contributed by atoms with van der Waals surface area (Å²) in [5.41, 5.74) is 5.66. The van der Waals surface area contributed by atoms with E-state index in [1.807, 2.05) is 6.07 Å². The van der Waals surface area contributed by atoms with E-state index < -0.39 is 5.97 Å². The van der Waals surface area contributed by atoms with Gasteiger partial charge in [0.05, 0.1) is 22.9 Å². The number of carboxylic acids is 1. The first-order valence-corrected chi connectivity index (χ1v) is 3.77. The number of carbonyl (C=O) groups is 1. The second kappa shape index (κ2) is 3.37. The number of benzene rings is 1. The number of anilines is 1. The van der Waals surface area contributed by atoms with Crippen molar-refractivity contribution in [2.24, 2.45) is 0 Å². The molecule has 13 heavy (non-hydrogen) atoms. The van der Waals surface area contributed by atoms with Crippen LogP contribution in [-0.2, 0) is 0 Å². The molecule has 0 spiro atoms. The summed E-state index contributed by atoms with van der Waals surface area (Å²) >= 11 is 3.95. The van der Waals surface area contributed by atoms with Gasteiger partial charge in [0.15, 0.2) is 0 Å². The number of nitrogens with two attached hydrogens (primary N) is 1. The minimum atomic E-state index is -1.16. The van der Waals surface area contributed by atoms with E-state index in [4.69, 9.17) is 16.1 Å². The lowest BCUT2D eigenvalue weighted by Gasteiger charge is -2.03. The van der Waals surface area contributed by atoms with Crippen molar-refractivity contribution >= 4 is 24.3 Å². The molecule has 1 aromatic rings. The molecule has 0 radical (unpaired) electrons. The van der Waals surface area contributed by atoms with Gasteiger partial charge in [0.1, 0.15) is 0 Å². The highest BCUT2D eigenvalue weighted by molar-refractivity contribution is 7.80. The summed E-state index contributed by atoms with van der Waals surface area (Å²) in [5, 5.41) is 17.2. The summed E-state index contributed by atoms with van der Waals surface area (Å²) in [6, 6.07) is 4.46. The summed E-state index contributed by atoms with van der Waals surface area (Å²) < 4.78 is 0. The van der Waals surface area contributed by atoms with E-state index in [2.05, 4.69) is 12.6 Å². The van der Waals surface area contributed by atoms with Crippen molar-refractivity contribution in [1.82, 2.24) is 0 Å². The molecular weight excluding hydrogens is 188 g/mol. The van der Waals surface area contributed by atoms with Crippen LogP contribution in [0, 0.1) is 11.3 Å². The van der Waals surface area contributed by atoms with Crippen molar-refractivity contribution < 1.29 is 9.90 Å². The fourth-order valence-corrected chi connectivity index (χ4v) is 1.14. The minimum absolute atomic E-state index is 0.0785. The zero-order valence-electron chi connectivity index (χ0n) is 6.48. The predicted molar refractivity (Wildman–Crippen MR) is 49.8 cm³/mol. The van der Waals surface area contributed by atoms with Gasteiger partial charge >= 0.3 is 5.97 Å². The van der Waals surface area contributed by atoms with Gasteiger partial charge in [-0.3, -0.25) is 0 Å². The number of carboxylic acid groups (broad SMARTS) is 1. The number of hydrogen-bond donors (Lipinski definition) is 3. The Morgan fingerprint density at radius 2 is 2.23 bits per heavy atom. The molecule has 66 valence electrons. The van der Waals surface area contributed by atoms with Crippen molar-refractivity contribution in [1.29, 1.82) is 5.26 Å². The second-order valence-corrected chi connectivity index (χ2v) is 2.86. The molecular formula is C8H6N2O2S. The Labute approximate surface area is 80.0 Å². The summed E-state index contributed by atoms with van der Waals surface area (Å²) in [5.74, 6) is -1.16. The maximum absolute atomic E-state index is 10.6. The standard InChI is InChI=1S/C8H6N2O2S/c9-3-4-1-5(8(11)12)7(10)6(13)2-4/h1-2,13H,10H2,(H,11,12). The molecule has 0 aliphatic carbocycles. The van der Waals surface area contributed by atoms with Crippen LogP contribution >= 0.6 is 12.6 Å². The molecule has 0 aliphatic rings. The van der Waals surface area contributed by atoms with Crippen LogP contribution in [0.15, 0.2) is 17.0 Å². The first kappa shape index (κ1) is 9.42. The number of thiol groups is 1. The quantitative estimate of drug-likeness (QED) is 0.462. The van der Waals surface area contributed by atoms with Gasteiger partial charge in [-0.2, -0.15) is 5.26 Å². The second-order valence-electron chi connectivity index (χ2n) is 2.37. The average molecular weight is 194 g/mol. The third-order valence-electron chi connectivity index (χ3n) is 1.52. The van der Waals surface area contributed by atoms with Crippen molar-refractivity contribution in [2.45, 2.75) is 4.90 Å². The third kappa shape index (κ3) is 1.73. The topological polar surface area (TPSA) is 87.1 Å². The van der Waals surface area contributed by atoms with E-state index in [1.165, 1.54) is 12.1 Å². The number of rotatable bonds is 1. The molecule has 4 nitrogen and oxygen atoms in total. The predicted octanol–water partition coefficient (Wildman–Crippen LogP) is 1.13. The first-order chi connectivity index (χ1) is 6.06. The van der Waals surface area contributed by atoms with Gasteiger partial charge in [0.25, 0.3) is 0 Å². The van der Waals surface area contributed by atoms with Crippen molar-refractivity contribution in [2.75, 3.05) is 5.73 Å². The largest absolute Gasteiger partial charge is 0.478 e. The molecule has 0 saturated heterocycles. The molecule has 0 bridgehead atoms. The molecule has 1 aromatic carbocycles. The Hall–Kier alpha value is -1.67. The Bertz CT molecular complexity index is 409. The summed E-state index contributed by atoms with van der Waals surface area (Å²) in [7, 11) is 0. The first-order valence-electron chi connectivity index (χ1n) is 3.32. The molecule has 3 N–H and O–H groups in total. The van der Waals surface area contributed by atoms with E-state index in [1.54, 1.807) is 0 Å². The van der Waals surface area contributed by atoms with Crippen LogP contribution in [0.5, 0.6) is 0 Å². The van der Waals surface area contributed by atoms with E-state index in [0.29, 0.717) is 4.90 Å². The maximum Gasteiger partial charge on any atom is 0.337 e. The molecule has 0 aliphatic heterocycles.